The van der Waals surface area contributed by atoms with Crippen molar-refractivity contribution in [3.05, 3.63) is 45.2 Å². The van der Waals surface area contributed by atoms with Gasteiger partial charge >= 0.3 is 0 Å². The summed E-state index contributed by atoms with van der Waals surface area (Å²) < 4.78 is 1.78. The standard InChI is InChI=1S/C13H13Br2N3O/c1-2-18(13-11(15)6-16-8-17-13)7-9-5-10(14)3-4-12(9)19/h3-6,8,19H,2,7H2,1H3. The fraction of sp³-hybridized carbons (Fsp3) is 0.231. The van der Waals surface area contributed by atoms with Crippen molar-refractivity contribution in [2.45, 2.75) is 13.5 Å². The second-order valence-electron chi connectivity index (χ2n) is 3.98. The van der Waals surface area contributed by atoms with E-state index in [9.17, 15) is 5.11 Å². The van der Waals surface area contributed by atoms with E-state index >= 15 is 0 Å². The van der Waals surface area contributed by atoms with Crippen molar-refractivity contribution in [3.8, 4) is 5.75 Å². The first-order valence-corrected chi connectivity index (χ1v) is 7.38. The summed E-state index contributed by atoms with van der Waals surface area (Å²) in [6.45, 7) is 3.41. The topological polar surface area (TPSA) is 49.2 Å². The summed E-state index contributed by atoms with van der Waals surface area (Å²) in [5.41, 5.74) is 0.849. The monoisotopic (exact) mass is 385 g/mol. The molecule has 1 N–H and O–H groups in total. The molecular weight excluding hydrogens is 374 g/mol. The van der Waals surface area contributed by atoms with Gasteiger partial charge in [0, 0.05) is 29.3 Å². The van der Waals surface area contributed by atoms with Gasteiger partial charge in [-0.1, -0.05) is 15.9 Å². The number of anilines is 1. The van der Waals surface area contributed by atoms with E-state index in [4.69, 9.17) is 0 Å². The molecule has 0 unspecified atom stereocenters. The van der Waals surface area contributed by atoms with E-state index in [1.807, 2.05) is 19.1 Å². The van der Waals surface area contributed by atoms with Crippen LogP contribution in [-0.4, -0.2) is 21.6 Å². The van der Waals surface area contributed by atoms with Crippen LogP contribution in [0.2, 0.25) is 0 Å². The number of phenolic OH excluding ortho intramolecular Hbond substituents is 1. The number of benzene rings is 1. The Morgan fingerprint density at radius 1 is 1.32 bits per heavy atom. The van der Waals surface area contributed by atoms with Gasteiger partial charge < -0.3 is 10.0 Å². The predicted molar refractivity (Wildman–Crippen MR) is 82.3 cm³/mol. The lowest BCUT2D eigenvalue weighted by Gasteiger charge is -2.23. The molecule has 0 radical (unpaired) electrons. The van der Waals surface area contributed by atoms with Crippen LogP contribution >= 0.6 is 31.9 Å². The number of halogens is 2. The molecule has 2 rings (SSSR count). The zero-order valence-corrected chi connectivity index (χ0v) is 13.5. The fourth-order valence-corrected chi connectivity index (χ4v) is 2.64. The third kappa shape index (κ3) is 3.45. The van der Waals surface area contributed by atoms with Crippen LogP contribution in [0.15, 0.2) is 39.7 Å². The SMILES string of the molecule is CCN(Cc1cc(Br)ccc1O)c1ncncc1Br. The minimum absolute atomic E-state index is 0.284. The molecule has 0 amide bonds. The lowest BCUT2D eigenvalue weighted by molar-refractivity contribution is 0.467. The summed E-state index contributed by atoms with van der Waals surface area (Å²) in [6.07, 6.45) is 3.23. The van der Waals surface area contributed by atoms with Gasteiger partial charge in [-0.15, -0.1) is 0 Å². The van der Waals surface area contributed by atoms with Crippen LogP contribution in [0.3, 0.4) is 0 Å². The smallest absolute Gasteiger partial charge is 0.146 e. The Balaban J connectivity index is 2.29. The molecule has 1 heterocycles. The van der Waals surface area contributed by atoms with Gasteiger partial charge in [0.25, 0.3) is 0 Å². The molecule has 2 aromatic rings. The molecule has 0 saturated heterocycles. The van der Waals surface area contributed by atoms with Crippen LogP contribution in [-0.2, 0) is 6.54 Å². The second-order valence-corrected chi connectivity index (χ2v) is 5.75. The van der Waals surface area contributed by atoms with Crippen molar-refractivity contribution in [1.29, 1.82) is 0 Å². The second kappa shape index (κ2) is 6.34. The minimum Gasteiger partial charge on any atom is -0.508 e. The Morgan fingerprint density at radius 3 is 2.79 bits per heavy atom. The van der Waals surface area contributed by atoms with Crippen LogP contribution in [0.1, 0.15) is 12.5 Å². The van der Waals surface area contributed by atoms with Crippen molar-refractivity contribution < 1.29 is 5.11 Å². The predicted octanol–water partition coefficient (Wildman–Crippen LogP) is 3.73. The van der Waals surface area contributed by atoms with E-state index in [2.05, 4.69) is 46.7 Å². The third-order valence-corrected chi connectivity index (χ3v) is 3.78. The maximum atomic E-state index is 9.90. The molecule has 1 aromatic carbocycles. The van der Waals surface area contributed by atoms with Gasteiger partial charge in [0.2, 0.25) is 0 Å². The molecule has 4 nitrogen and oxygen atoms in total. The van der Waals surface area contributed by atoms with Gasteiger partial charge in [0.1, 0.15) is 17.9 Å². The highest BCUT2D eigenvalue weighted by Crippen LogP contribution is 2.27. The Morgan fingerprint density at radius 2 is 2.11 bits per heavy atom. The molecule has 0 aliphatic carbocycles. The quantitative estimate of drug-likeness (QED) is 0.869. The summed E-state index contributed by atoms with van der Waals surface area (Å²) in [5.74, 6) is 1.10. The molecule has 6 heteroatoms. The molecule has 0 bridgehead atoms. The highest BCUT2D eigenvalue weighted by Gasteiger charge is 2.12. The molecule has 0 fully saturated rings. The summed E-state index contributed by atoms with van der Waals surface area (Å²) in [4.78, 5) is 10.3. The maximum Gasteiger partial charge on any atom is 0.146 e. The van der Waals surface area contributed by atoms with Crippen LogP contribution < -0.4 is 4.90 Å². The fourth-order valence-electron chi connectivity index (χ4n) is 1.76. The number of hydrogen-bond donors (Lipinski definition) is 1. The lowest BCUT2D eigenvalue weighted by atomic mass is 10.2. The van der Waals surface area contributed by atoms with Crippen molar-refractivity contribution in [3.63, 3.8) is 0 Å². The summed E-state index contributed by atoms with van der Waals surface area (Å²) in [6, 6.07) is 5.41. The van der Waals surface area contributed by atoms with E-state index in [0.717, 1.165) is 26.9 Å². The first-order valence-electron chi connectivity index (χ1n) is 5.79. The van der Waals surface area contributed by atoms with Crippen molar-refractivity contribution in [1.82, 2.24) is 9.97 Å². The first-order chi connectivity index (χ1) is 9.11. The van der Waals surface area contributed by atoms with Crippen LogP contribution in [0.25, 0.3) is 0 Å². The van der Waals surface area contributed by atoms with Gasteiger partial charge in [-0.25, -0.2) is 9.97 Å². The zero-order chi connectivity index (χ0) is 13.8. The van der Waals surface area contributed by atoms with Gasteiger partial charge in [-0.2, -0.15) is 0 Å². The first kappa shape index (κ1) is 14.3. The van der Waals surface area contributed by atoms with E-state index < -0.39 is 0 Å². The number of rotatable bonds is 4. The molecular formula is C13H13Br2N3O. The van der Waals surface area contributed by atoms with E-state index in [-0.39, 0.29) is 5.75 Å². The Bertz CT molecular complexity index is 578. The minimum atomic E-state index is 0.284. The van der Waals surface area contributed by atoms with Crippen molar-refractivity contribution in [2.24, 2.45) is 0 Å². The Hall–Kier alpha value is -1.14. The average molecular weight is 387 g/mol. The highest BCUT2D eigenvalue weighted by molar-refractivity contribution is 9.10. The van der Waals surface area contributed by atoms with Gasteiger partial charge in [-0.05, 0) is 41.1 Å². The molecule has 0 spiro atoms. The van der Waals surface area contributed by atoms with Gasteiger partial charge in [-0.3, -0.25) is 0 Å². The zero-order valence-electron chi connectivity index (χ0n) is 10.3. The van der Waals surface area contributed by atoms with Crippen molar-refractivity contribution >= 4 is 37.7 Å². The normalized spacial score (nSPS) is 10.5. The van der Waals surface area contributed by atoms with Crippen molar-refractivity contribution in [2.75, 3.05) is 11.4 Å². The highest BCUT2D eigenvalue weighted by atomic mass is 79.9. The van der Waals surface area contributed by atoms with E-state index in [1.54, 1.807) is 12.3 Å². The molecule has 0 aliphatic heterocycles. The molecule has 19 heavy (non-hydrogen) atoms. The van der Waals surface area contributed by atoms with Crippen LogP contribution in [0, 0.1) is 0 Å². The number of hydrogen-bond acceptors (Lipinski definition) is 4. The molecule has 0 aliphatic rings. The summed E-state index contributed by atoms with van der Waals surface area (Å²) in [5, 5.41) is 9.90. The number of phenols is 1. The molecule has 100 valence electrons. The maximum absolute atomic E-state index is 9.90. The van der Waals surface area contributed by atoms with Crippen LogP contribution in [0.4, 0.5) is 5.82 Å². The Labute approximate surface area is 128 Å². The number of aromatic hydroxyl groups is 1. The summed E-state index contributed by atoms with van der Waals surface area (Å²) >= 11 is 6.86. The third-order valence-electron chi connectivity index (χ3n) is 2.73. The van der Waals surface area contributed by atoms with E-state index in [0.29, 0.717) is 6.54 Å². The summed E-state index contributed by atoms with van der Waals surface area (Å²) in [7, 11) is 0. The lowest BCUT2D eigenvalue weighted by Crippen LogP contribution is -2.23. The average Bonchev–Trinajstić information content (AvgIpc) is 2.41. The van der Waals surface area contributed by atoms with Gasteiger partial charge in [0.05, 0.1) is 4.47 Å². The van der Waals surface area contributed by atoms with E-state index in [1.165, 1.54) is 6.33 Å². The molecule has 0 atom stereocenters. The number of nitrogens with zero attached hydrogens (tertiary/aromatic N) is 3. The largest absolute Gasteiger partial charge is 0.508 e. The molecule has 1 aromatic heterocycles. The Kier molecular flexibility index (Phi) is 4.76. The molecule has 0 saturated carbocycles. The number of aromatic nitrogens is 2. The van der Waals surface area contributed by atoms with Gasteiger partial charge in [0.15, 0.2) is 0 Å². The van der Waals surface area contributed by atoms with Crippen LogP contribution in [0.5, 0.6) is 5.75 Å².